The molecular formula is C17H13N3. The third kappa shape index (κ3) is 2.19. The minimum Gasteiger partial charge on any atom is -0.354 e. The number of nitrogens with one attached hydrogen (secondary N) is 1. The molecule has 0 unspecified atom stereocenters. The number of hydrogen-bond donors (Lipinski definition) is 1. The van der Waals surface area contributed by atoms with Crippen molar-refractivity contribution in [1.82, 2.24) is 4.98 Å². The van der Waals surface area contributed by atoms with Gasteiger partial charge in [0.1, 0.15) is 6.07 Å². The van der Waals surface area contributed by atoms with Gasteiger partial charge in [-0.1, -0.05) is 23.8 Å². The maximum absolute atomic E-state index is 9.15. The number of rotatable bonds is 2. The number of aromatic nitrogens is 1. The highest BCUT2D eigenvalue weighted by Crippen LogP contribution is 2.27. The van der Waals surface area contributed by atoms with Crippen molar-refractivity contribution in [3.8, 4) is 6.07 Å². The third-order valence-corrected chi connectivity index (χ3v) is 3.21. The molecule has 1 heterocycles. The van der Waals surface area contributed by atoms with E-state index in [4.69, 9.17) is 5.26 Å². The second-order valence-corrected chi connectivity index (χ2v) is 4.66. The average Bonchev–Trinajstić information content (AvgIpc) is 2.48. The molecule has 0 amide bonds. The zero-order valence-corrected chi connectivity index (χ0v) is 11.1. The maximum atomic E-state index is 9.15. The molecule has 0 saturated carbocycles. The van der Waals surface area contributed by atoms with Crippen LogP contribution in [-0.4, -0.2) is 4.98 Å². The van der Waals surface area contributed by atoms with E-state index in [9.17, 15) is 0 Å². The fourth-order valence-corrected chi connectivity index (χ4v) is 2.20. The monoisotopic (exact) mass is 259 g/mol. The Morgan fingerprint density at radius 2 is 1.90 bits per heavy atom. The molecule has 1 N–H and O–H groups in total. The normalized spacial score (nSPS) is 10.2. The van der Waals surface area contributed by atoms with Crippen LogP contribution in [0.1, 0.15) is 11.1 Å². The molecule has 0 radical (unpaired) electrons. The summed E-state index contributed by atoms with van der Waals surface area (Å²) < 4.78 is 0. The molecule has 20 heavy (non-hydrogen) atoms. The van der Waals surface area contributed by atoms with Crippen LogP contribution in [0.15, 0.2) is 54.7 Å². The van der Waals surface area contributed by atoms with Crippen molar-refractivity contribution in [3.63, 3.8) is 0 Å². The quantitative estimate of drug-likeness (QED) is 0.751. The van der Waals surface area contributed by atoms with Gasteiger partial charge in [-0.3, -0.25) is 4.98 Å². The SMILES string of the molecule is Cc1ccc2nccc(Nc3ccccc3C#N)c2c1. The van der Waals surface area contributed by atoms with Crippen molar-refractivity contribution in [2.45, 2.75) is 6.92 Å². The van der Waals surface area contributed by atoms with E-state index in [-0.39, 0.29) is 0 Å². The van der Waals surface area contributed by atoms with Crippen LogP contribution in [0.3, 0.4) is 0 Å². The van der Waals surface area contributed by atoms with Crippen LogP contribution in [0.4, 0.5) is 11.4 Å². The summed E-state index contributed by atoms with van der Waals surface area (Å²) in [5, 5.41) is 13.5. The molecule has 0 fully saturated rings. The zero-order chi connectivity index (χ0) is 13.9. The second-order valence-electron chi connectivity index (χ2n) is 4.66. The highest BCUT2D eigenvalue weighted by molar-refractivity contribution is 5.93. The van der Waals surface area contributed by atoms with Gasteiger partial charge >= 0.3 is 0 Å². The molecule has 3 aromatic rings. The number of anilines is 2. The number of benzene rings is 2. The summed E-state index contributed by atoms with van der Waals surface area (Å²) >= 11 is 0. The Balaban J connectivity index is 2.11. The molecule has 0 aliphatic carbocycles. The van der Waals surface area contributed by atoms with Gasteiger partial charge in [0.15, 0.2) is 0 Å². The Hall–Kier alpha value is -2.86. The molecule has 2 aromatic carbocycles. The minimum absolute atomic E-state index is 0.630. The lowest BCUT2D eigenvalue weighted by Crippen LogP contribution is -1.95. The van der Waals surface area contributed by atoms with Gasteiger partial charge in [-0.15, -0.1) is 0 Å². The van der Waals surface area contributed by atoms with Gasteiger partial charge in [0.05, 0.1) is 16.8 Å². The summed E-state index contributed by atoms with van der Waals surface area (Å²) in [6, 6.07) is 17.8. The van der Waals surface area contributed by atoms with E-state index in [0.29, 0.717) is 5.56 Å². The lowest BCUT2D eigenvalue weighted by molar-refractivity contribution is 1.38. The largest absolute Gasteiger partial charge is 0.354 e. The van der Waals surface area contributed by atoms with E-state index in [1.807, 2.05) is 36.4 Å². The van der Waals surface area contributed by atoms with Crippen molar-refractivity contribution in [1.29, 1.82) is 5.26 Å². The molecule has 0 bridgehead atoms. The minimum atomic E-state index is 0.630. The van der Waals surface area contributed by atoms with Crippen molar-refractivity contribution in [3.05, 3.63) is 65.9 Å². The molecule has 1 aromatic heterocycles. The lowest BCUT2D eigenvalue weighted by Gasteiger charge is -2.11. The zero-order valence-electron chi connectivity index (χ0n) is 11.1. The van der Waals surface area contributed by atoms with E-state index >= 15 is 0 Å². The van der Waals surface area contributed by atoms with Gasteiger partial charge in [0, 0.05) is 17.3 Å². The molecule has 0 aliphatic rings. The first-order valence-electron chi connectivity index (χ1n) is 6.39. The van der Waals surface area contributed by atoms with Gasteiger partial charge in [-0.25, -0.2) is 0 Å². The van der Waals surface area contributed by atoms with Crippen LogP contribution in [0.25, 0.3) is 10.9 Å². The van der Waals surface area contributed by atoms with E-state index in [2.05, 4.69) is 29.4 Å². The maximum Gasteiger partial charge on any atom is 0.101 e. The highest BCUT2D eigenvalue weighted by Gasteiger charge is 2.05. The van der Waals surface area contributed by atoms with Crippen LogP contribution in [-0.2, 0) is 0 Å². The molecular weight excluding hydrogens is 246 g/mol. The number of hydrogen-bond acceptors (Lipinski definition) is 3. The number of fused-ring (bicyclic) bond motifs is 1. The van der Waals surface area contributed by atoms with Crippen molar-refractivity contribution in [2.75, 3.05) is 5.32 Å². The van der Waals surface area contributed by atoms with Gasteiger partial charge in [0.25, 0.3) is 0 Å². The van der Waals surface area contributed by atoms with Crippen molar-refractivity contribution in [2.24, 2.45) is 0 Å². The van der Waals surface area contributed by atoms with Crippen LogP contribution in [0.2, 0.25) is 0 Å². The Morgan fingerprint density at radius 3 is 2.75 bits per heavy atom. The first-order valence-corrected chi connectivity index (χ1v) is 6.39. The number of pyridine rings is 1. The summed E-state index contributed by atoms with van der Waals surface area (Å²) in [7, 11) is 0. The summed E-state index contributed by atoms with van der Waals surface area (Å²) in [6.07, 6.45) is 1.77. The van der Waals surface area contributed by atoms with E-state index in [0.717, 1.165) is 22.3 Å². The van der Waals surface area contributed by atoms with E-state index in [1.165, 1.54) is 5.56 Å². The fourth-order valence-electron chi connectivity index (χ4n) is 2.20. The molecule has 0 spiro atoms. The number of nitrogens with zero attached hydrogens (tertiary/aromatic N) is 2. The number of para-hydroxylation sites is 1. The predicted octanol–water partition coefficient (Wildman–Crippen LogP) is 4.16. The van der Waals surface area contributed by atoms with Gasteiger partial charge in [0.2, 0.25) is 0 Å². The summed E-state index contributed by atoms with van der Waals surface area (Å²) in [4.78, 5) is 4.36. The molecule has 0 atom stereocenters. The van der Waals surface area contributed by atoms with Crippen LogP contribution in [0.5, 0.6) is 0 Å². The van der Waals surface area contributed by atoms with Crippen molar-refractivity contribution < 1.29 is 0 Å². The average molecular weight is 259 g/mol. The second kappa shape index (κ2) is 5.02. The van der Waals surface area contributed by atoms with Crippen LogP contribution >= 0.6 is 0 Å². The van der Waals surface area contributed by atoms with Crippen LogP contribution in [0, 0.1) is 18.3 Å². The highest BCUT2D eigenvalue weighted by atomic mass is 14.9. The smallest absolute Gasteiger partial charge is 0.101 e. The Labute approximate surface area is 117 Å². The number of aryl methyl sites for hydroxylation is 1. The van der Waals surface area contributed by atoms with Gasteiger partial charge in [-0.05, 0) is 37.3 Å². The molecule has 3 rings (SSSR count). The Bertz CT molecular complexity index is 816. The standard InChI is InChI=1S/C17H13N3/c1-12-6-7-16-14(10-12)17(8-9-19-16)20-15-5-3-2-4-13(15)11-18/h2-10H,1H3,(H,19,20). The Morgan fingerprint density at radius 1 is 1.05 bits per heavy atom. The van der Waals surface area contributed by atoms with Gasteiger partial charge < -0.3 is 5.32 Å². The molecule has 0 saturated heterocycles. The van der Waals surface area contributed by atoms with Gasteiger partial charge in [-0.2, -0.15) is 5.26 Å². The third-order valence-electron chi connectivity index (χ3n) is 3.21. The first-order chi connectivity index (χ1) is 9.78. The van der Waals surface area contributed by atoms with E-state index < -0.39 is 0 Å². The Kier molecular flexibility index (Phi) is 3.06. The molecule has 0 aliphatic heterocycles. The summed E-state index contributed by atoms with van der Waals surface area (Å²) in [5.74, 6) is 0. The summed E-state index contributed by atoms with van der Waals surface area (Å²) in [6.45, 7) is 2.06. The number of nitriles is 1. The predicted molar refractivity (Wildman–Crippen MR) is 80.9 cm³/mol. The molecule has 3 nitrogen and oxygen atoms in total. The van der Waals surface area contributed by atoms with E-state index in [1.54, 1.807) is 12.3 Å². The van der Waals surface area contributed by atoms with Crippen molar-refractivity contribution >= 4 is 22.3 Å². The topological polar surface area (TPSA) is 48.7 Å². The van der Waals surface area contributed by atoms with Crippen LogP contribution < -0.4 is 5.32 Å². The molecule has 3 heteroatoms. The summed E-state index contributed by atoms with van der Waals surface area (Å²) in [5.41, 5.74) is 4.52. The lowest BCUT2D eigenvalue weighted by atomic mass is 10.1. The first kappa shape index (κ1) is 12.2. The fraction of sp³-hybridized carbons (Fsp3) is 0.0588. The molecule has 96 valence electrons.